The van der Waals surface area contributed by atoms with Gasteiger partial charge in [-0.3, -0.25) is 4.68 Å². The number of halogens is 3. The van der Waals surface area contributed by atoms with Crippen molar-refractivity contribution in [3.63, 3.8) is 0 Å². The van der Waals surface area contributed by atoms with Crippen LogP contribution in [0.15, 0.2) is 12.3 Å². The molecule has 17 heavy (non-hydrogen) atoms. The second-order valence-corrected chi connectivity index (χ2v) is 4.11. The fourth-order valence-corrected chi connectivity index (χ4v) is 1.81. The fourth-order valence-electron chi connectivity index (χ4n) is 1.81. The van der Waals surface area contributed by atoms with E-state index in [2.05, 4.69) is 5.10 Å². The van der Waals surface area contributed by atoms with E-state index in [1.807, 2.05) is 0 Å². The number of ether oxygens (including phenoxy) is 1. The Hall–Kier alpha value is -1.08. The van der Waals surface area contributed by atoms with Crippen molar-refractivity contribution in [1.82, 2.24) is 9.78 Å². The monoisotopic (exact) mass is 250 g/mol. The lowest BCUT2D eigenvalue weighted by Crippen LogP contribution is -2.26. The van der Waals surface area contributed by atoms with Gasteiger partial charge in [0, 0.05) is 18.7 Å². The number of hydrogen-bond donors (Lipinski definition) is 1. The largest absolute Gasteiger partial charge is 0.435 e. The Morgan fingerprint density at radius 3 is 2.88 bits per heavy atom. The van der Waals surface area contributed by atoms with Gasteiger partial charge in [-0.25, -0.2) is 0 Å². The highest BCUT2D eigenvalue weighted by Crippen LogP contribution is 2.27. The topological polar surface area (TPSA) is 47.3 Å². The molecule has 1 aromatic rings. The summed E-state index contributed by atoms with van der Waals surface area (Å²) in [6, 6.07) is 0.901. The number of aliphatic hydroxyl groups excluding tert-OH is 1. The zero-order chi connectivity index (χ0) is 12.5. The number of nitrogens with zero attached hydrogens (tertiary/aromatic N) is 2. The first-order valence-electron chi connectivity index (χ1n) is 5.33. The highest BCUT2D eigenvalue weighted by atomic mass is 19.4. The van der Waals surface area contributed by atoms with Crippen LogP contribution in [-0.4, -0.2) is 34.2 Å². The molecule has 2 heterocycles. The number of hydrogen-bond acceptors (Lipinski definition) is 3. The summed E-state index contributed by atoms with van der Waals surface area (Å²) in [5.41, 5.74) is -0.938. The molecule has 1 aliphatic heterocycles. The van der Waals surface area contributed by atoms with Crippen molar-refractivity contribution in [2.45, 2.75) is 25.2 Å². The van der Waals surface area contributed by atoms with Crippen LogP contribution in [0.25, 0.3) is 0 Å². The molecule has 1 N–H and O–H groups in total. The van der Waals surface area contributed by atoms with E-state index in [1.54, 1.807) is 0 Å². The third-order valence-corrected chi connectivity index (χ3v) is 2.81. The summed E-state index contributed by atoms with van der Waals surface area (Å²) in [6.07, 6.45) is -3.21. The van der Waals surface area contributed by atoms with Gasteiger partial charge in [0.15, 0.2) is 5.69 Å². The summed E-state index contributed by atoms with van der Waals surface area (Å²) in [7, 11) is 0. The lowest BCUT2D eigenvalue weighted by molar-refractivity contribution is -0.141. The van der Waals surface area contributed by atoms with E-state index in [9.17, 15) is 18.3 Å². The second kappa shape index (κ2) is 4.66. The summed E-state index contributed by atoms with van der Waals surface area (Å²) in [5.74, 6) is -0.0199. The van der Waals surface area contributed by atoms with Gasteiger partial charge in [-0.1, -0.05) is 0 Å². The third kappa shape index (κ3) is 2.98. The van der Waals surface area contributed by atoms with Crippen molar-refractivity contribution >= 4 is 0 Å². The number of aliphatic hydroxyl groups is 1. The Labute approximate surface area is 96.0 Å². The van der Waals surface area contributed by atoms with Crippen molar-refractivity contribution in [1.29, 1.82) is 0 Å². The summed E-state index contributed by atoms with van der Waals surface area (Å²) < 4.78 is 43.1. The molecule has 2 atom stereocenters. The molecular formula is C10H13F3N2O2. The van der Waals surface area contributed by atoms with Gasteiger partial charge in [-0.2, -0.15) is 18.3 Å². The van der Waals surface area contributed by atoms with Crippen molar-refractivity contribution in [2.24, 2.45) is 5.92 Å². The van der Waals surface area contributed by atoms with E-state index < -0.39 is 18.0 Å². The molecule has 2 unspecified atom stereocenters. The molecule has 1 saturated heterocycles. The Kier molecular flexibility index (Phi) is 3.39. The van der Waals surface area contributed by atoms with Crippen LogP contribution >= 0.6 is 0 Å². The maximum Gasteiger partial charge on any atom is 0.435 e. The first-order valence-corrected chi connectivity index (χ1v) is 5.33. The average molecular weight is 250 g/mol. The van der Waals surface area contributed by atoms with Crippen molar-refractivity contribution in [3.05, 3.63) is 18.0 Å². The SMILES string of the molecule is OC(Cn1ccc(C(F)(F)F)n1)C1CCOC1. The molecule has 0 bridgehead atoms. The summed E-state index contributed by atoms with van der Waals surface area (Å²) in [6.45, 7) is 1.10. The van der Waals surface area contributed by atoms with Crippen molar-refractivity contribution in [2.75, 3.05) is 13.2 Å². The van der Waals surface area contributed by atoms with Gasteiger partial charge in [0.2, 0.25) is 0 Å². The first-order chi connectivity index (χ1) is 7.97. The molecule has 0 aliphatic carbocycles. The lowest BCUT2D eigenvalue weighted by atomic mass is 10.0. The summed E-state index contributed by atoms with van der Waals surface area (Å²) >= 11 is 0. The van der Waals surface area contributed by atoms with Gasteiger partial charge < -0.3 is 9.84 Å². The molecule has 1 aromatic heterocycles. The molecule has 4 nitrogen and oxygen atoms in total. The molecular weight excluding hydrogens is 237 g/mol. The van der Waals surface area contributed by atoms with E-state index in [0.29, 0.717) is 13.2 Å². The number of aromatic nitrogens is 2. The van der Waals surface area contributed by atoms with E-state index in [1.165, 1.54) is 6.20 Å². The molecule has 0 amide bonds. The van der Waals surface area contributed by atoms with Crippen LogP contribution < -0.4 is 0 Å². The number of rotatable bonds is 3. The highest BCUT2D eigenvalue weighted by molar-refractivity contribution is 5.03. The van der Waals surface area contributed by atoms with Crippen molar-refractivity contribution in [3.8, 4) is 0 Å². The molecule has 0 spiro atoms. The van der Waals surface area contributed by atoms with Crippen LogP contribution in [0.1, 0.15) is 12.1 Å². The van der Waals surface area contributed by atoms with Gasteiger partial charge in [0.1, 0.15) is 0 Å². The lowest BCUT2D eigenvalue weighted by Gasteiger charge is -2.16. The van der Waals surface area contributed by atoms with Gasteiger partial charge in [-0.15, -0.1) is 0 Å². The molecule has 0 saturated carbocycles. The summed E-state index contributed by atoms with van der Waals surface area (Å²) in [5, 5.41) is 13.2. The predicted molar refractivity (Wildman–Crippen MR) is 52.2 cm³/mol. The molecule has 96 valence electrons. The minimum absolute atomic E-state index is 0.0199. The van der Waals surface area contributed by atoms with Crippen LogP contribution in [-0.2, 0) is 17.5 Å². The standard InChI is InChI=1S/C10H13F3N2O2/c11-10(12,13)9-1-3-15(14-9)5-8(16)7-2-4-17-6-7/h1,3,7-8,16H,2,4-6H2. The Bertz CT molecular complexity index is 372. The van der Waals surface area contributed by atoms with E-state index in [0.717, 1.165) is 17.2 Å². The Morgan fingerprint density at radius 2 is 2.35 bits per heavy atom. The maximum atomic E-state index is 12.3. The Morgan fingerprint density at radius 1 is 1.59 bits per heavy atom. The van der Waals surface area contributed by atoms with Gasteiger partial charge in [0.05, 0.1) is 19.3 Å². The summed E-state index contributed by atoms with van der Waals surface area (Å²) in [4.78, 5) is 0. The molecule has 1 aliphatic rings. The first kappa shape index (κ1) is 12.4. The van der Waals surface area contributed by atoms with Gasteiger partial charge in [-0.05, 0) is 12.5 Å². The normalized spacial score (nSPS) is 22.9. The predicted octanol–water partition coefficient (Wildman–Crippen LogP) is 1.30. The minimum Gasteiger partial charge on any atom is -0.391 e. The molecule has 7 heteroatoms. The van der Waals surface area contributed by atoms with E-state index in [-0.39, 0.29) is 12.5 Å². The van der Waals surface area contributed by atoms with Crippen molar-refractivity contribution < 1.29 is 23.0 Å². The quantitative estimate of drug-likeness (QED) is 0.879. The maximum absolute atomic E-state index is 12.3. The number of alkyl halides is 3. The van der Waals surface area contributed by atoms with Crippen LogP contribution in [0, 0.1) is 5.92 Å². The second-order valence-electron chi connectivity index (χ2n) is 4.11. The van der Waals surface area contributed by atoms with Crippen LogP contribution in [0.3, 0.4) is 0 Å². The van der Waals surface area contributed by atoms with Crippen LogP contribution in [0.4, 0.5) is 13.2 Å². The van der Waals surface area contributed by atoms with Crippen LogP contribution in [0.2, 0.25) is 0 Å². The van der Waals surface area contributed by atoms with E-state index >= 15 is 0 Å². The smallest absolute Gasteiger partial charge is 0.391 e. The molecule has 2 rings (SSSR count). The third-order valence-electron chi connectivity index (χ3n) is 2.81. The minimum atomic E-state index is -4.44. The average Bonchev–Trinajstić information content (AvgIpc) is 2.85. The van der Waals surface area contributed by atoms with E-state index in [4.69, 9.17) is 4.74 Å². The molecule has 0 aromatic carbocycles. The molecule has 0 radical (unpaired) electrons. The zero-order valence-electron chi connectivity index (χ0n) is 9.02. The fraction of sp³-hybridized carbons (Fsp3) is 0.700. The van der Waals surface area contributed by atoms with Gasteiger partial charge in [0.25, 0.3) is 0 Å². The van der Waals surface area contributed by atoms with Gasteiger partial charge >= 0.3 is 6.18 Å². The van der Waals surface area contributed by atoms with Crippen LogP contribution in [0.5, 0.6) is 0 Å². The molecule has 1 fully saturated rings. The Balaban J connectivity index is 1.96. The highest BCUT2D eigenvalue weighted by Gasteiger charge is 2.34. The zero-order valence-corrected chi connectivity index (χ0v) is 9.02.